The minimum absolute atomic E-state index is 0.0178. The maximum absolute atomic E-state index is 11.7. The number of hydrogen-bond donors (Lipinski definition) is 0. The van der Waals surface area contributed by atoms with Gasteiger partial charge < -0.3 is 9.47 Å². The van der Waals surface area contributed by atoms with Crippen molar-refractivity contribution in [1.29, 1.82) is 0 Å². The molecular weight excluding hydrogens is 254 g/mol. The number of benzene rings is 1. The van der Waals surface area contributed by atoms with Crippen LogP contribution in [0.15, 0.2) is 18.2 Å². The van der Waals surface area contributed by atoms with Gasteiger partial charge in [0.15, 0.2) is 0 Å². The van der Waals surface area contributed by atoms with Gasteiger partial charge in [-0.3, -0.25) is 9.69 Å². The van der Waals surface area contributed by atoms with Crippen LogP contribution in [-0.2, 0) is 16.1 Å². The number of carbonyl (C=O) groups is 1. The van der Waals surface area contributed by atoms with E-state index in [2.05, 4.69) is 24.8 Å². The molecule has 110 valence electrons. The molecule has 1 fully saturated rings. The Hall–Kier alpha value is -1.55. The van der Waals surface area contributed by atoms with Crippen LogP contribution in [0.5, 0.6) is 5.75 Å². The van der Waals surface area contributed by atoms with E-state index in [0.717, 1.165) is 25.4 Å². The van der Waals surface area contributed by atoms with Gasteiger partial charge in [-0.25, -0.2) is 0 Å². The molecule has 20 heavy (non-hydrogen) atoms. The van der Waals surface area contributed by atoms with E-state index in [4.69, 9.17) is 9.47 Å². The summed E-state index contributed by atoms with van der Waals surface area (Å²) in [7, 11) is 3.15. The number of rotatable bonds is 4. The van der Waals surface area contributed by atoms with Gasteiger partial charge in [0.25, 0.3) is 0 Å². The molecule has 1 aromatic carbocycles. The van der Waals surface area contributed by atoms with Crippen molar-refractivity contribution in [2.24, 2.45) is 11.8 Å². The van der Waals surface area contributed by atoms with Crippen molar-refractivity contribution >= 4 is 5.97 Å². The molecule has 2 unspecified atom stereocenters. The highest BCUT2D eigenvalue weighted by Gasteiger charge is 2.35. The van der Waals surface area contributed by atoms with Crippen LogP contribution < -0.4 is 4.74 Å². The number of hydrogen-bond acceptors (Lipinski definition) is 4. The Morgan fingerprint density at radius 3 is 2.75 bits per heavy atom. The molecule has 0 saturated carbocycles. The number of nitrogens with zero attached hydrogens (tertiary/aromatic N) is 1. The average Bonchev–Trinajstić information content (AvgIpc) is 2.79. The lowest BCUT2D eigenvalue weighted by Crippen LogP contribution is -2.24. The maximum Gasteiger partial charge on any atom is 0.310 e. The molecule has 0 N–H and O–H groups in total. The fraction of sp³-hybridized carbons (Fsp3) is 0.562. The quantitative estimate of drug-likeness (QED) is 0.791. The van der Waals surface area contributed by atoms with Crippen LogP contribution in [0.2, 0.25) is 0 Å². The van der Waals surface area contributed by atoms with Crippen LogP contribution in [-0.4, -0.2) is 38.2 Å². The second-order valence-electron chi connectivity index (χ2n) is 5.62. The second-order valence-corrected chi connectivity index (χ2v) is 5.62. The van der Waals surface area contributed by atoms with Crippen LogP contribution in [0.3, 0.4) is 0 Å². The SMILES string of the molecule is COC(=O)C1CN(Cc2cc(C)ccc2OC)CC1C. The molecule has 0 amide bonds. The summed E-state index contributed by atoms with van der Waals surface area (Å²) in [5.74, 6) is 1.12. The van der Waals surface area contributed by atoms with Crippen molar-refractivity contribution in [3.05, 3.63) is 29.3 Å². The highest BCUT2D eigenvalue weighted by molar-refractivity contribution is 5.73. The molecule has 0 aliphatic carbocycles. The van der Waals surface area contributed by atoms with Gasteiger partial charge in [0, 0.05) is 25.2 Å². The molecule has 4 heteroatoms. The summed E-state index contributed by atoms with van der Waals surface area (Å²) >= 11 is 0. The first-order valence-electron chi connectivity index (χ1n) is 6.98. The molecule has 0 bridgehead atoms. The van der Waals surface area contributed by atoms with Crippen LogP contribution in [0.4, 0.5) is 0 Å². The van der Waals surface area contributed by atoms with E-state index in [0.29, 0.717) is 5.92 Å². The van der Waals surface area contributed by atoms with Gasteiger partial charge in [0.2, 0.25) is 0 Å². The van der Waals surface area contributed by atoms with Crippen LogP contribution in [0.1, 0.15) is 18.1 Å². The van der Waals surface area contributed by atoms with E-state index in [1.165, 1.54) is 18.2 Å². The smallest absolute Gasteiger partial charge is 0.310 e. The Bertz CT molecular complexity index is 487. The topological polar surface area (TPSA) is 38.8 Å². The fourth-order valence-electron chi connectivity index (χ4n) is 2.93. The monoisotopic (exact) mass is 277 g/mol. The highest BCUT2D eigenvalue weighted by atomic mass is 16.5. The summed E-state index contributed by atoms with van der Waals surface area (Å²) in [6.07, 6.45) is 0. The summed E-state index contributed by atoms with van der Waals surface area (Å²) in [4.78, 5) is 14.0. The molecule has 1 heterocycles. The van der Waals surface area contributed by atoms with Crippen molar-refractivity contribution in [3.63, 3.8) is 0 Å². The van der Waals surface area contributed by atoms with E-state index in [1.54, 1.807) is 7.11 Å². The Balaban J connectivity index is 2.08. The molecule has 1 aromatic rings. The molecular formula is C16H23NO3. The second kappa shape index (κ2) is 6.27. The van der Waals surface area contributed by atoms with E-state index >= 15 is 0 Å². The minimum atomic E-state index is -0.101. The van der Waals surface area contributed by atoms with Gasteiger partial charge in [0.05, 0.1) is 20.1 Å². The zero-order valence-corrected chi connectivity index (χ0v) is 12.7. The van der Waals surface area contributed by atoms with Crippen molar-refractivity contribution < 1.29 is 14.3 Å². The Morgan fingerprint density at radius 1 is 1.35 bits per heavy atom. The van der Waals surface area contributed by atoms with Crippen LogP contribution in [0.25, 0.3) is 0 Å². The molecule has 1 aliphatic heterocycles. The first-order chi connectivity index (χ1) is 9.55. The van der Waals surface area contributed by atoms with E-state index in [1.807, 2.05) is 12.1 Å². The molecule has 0 aromatic heterocycles. The van der Waals surface area contributed by atoms with Gasteiger partial charge >= 0.3 is 5.97 Å². The third-order valence-electron chi connectivity index (χ3n) is 4.02. The fourth-order valence-corrected chi connectivity index (χ4v) is 2.93. The molecule has 4 nitrogen and oxygen atoms in total. The van der Waals surface area contributed by atoms with Gasteiger partial charge in [0.1, 0.15) is 5.75 Å². The first kappa shape index (κ1) is 14.9. The minimum Gasteiger partial charge on any atom is -0.496 e. The average molecular weight is 277 g/mol. The van der Waals surface area contributed by atoms with Crippen LogP contribution >= 0.6 is 0 Å². The molecule has 1 aliphatic rings. The third-order valence-corrected chi connectivity index (χ3v) is 4.02. The van der Waals surface area contributed by atoms with E-state index < -0.39 is 0 Å². The Morgan fingerprint density at radius 2 is 2.10 bits per heavy atom. The number of carbonyl (C=O) groups excluding carboxylic acids is 1. The van der Waals surface area contributed by atoms with Crippen LogP contribution in [0, 0.1) is 18.8 Å². The zero-order chi connectivity index (χ0) is 14.7. The number of ether oxygens (including phenoxy) is 2. The number of esters is 1. The van der Waals surface area contributed by atoms with Crippen molar-refractivity contribution in [1.82, 2.24) is 4.90 Å². The lowest BCUT2D eigenvalue weighted by atomic mass is 9.99. The molecule has 2 atom stereocenters. The Labute approximate surface area is 120 Å². The molecule has 2 rings (SSSR count). The molecule has 0 spiro atoms. The summed E-state index contributed by atoms with van der Waals surface area (Å²) in [5.41, 5.74) is 2.39. The standard InChI is InChI=1S/C16H23NO3/c1-11-5-6-15(19-3)13(7-11)9-17-8-12(2)14(10-17)16(18)20-4/h5-7,12,14H,8-10H2,1-4H3. The predicted octanol–water partition coefficient (Wildman–Crippen LogP) is 2.24. The van der Waals surface area contributed by atoms with Gasteiger partial charge in [-0.2, -0.15) is 0 Å². The first-order valence-corrected chi connectivity index (χ1v) is 6.98. The number of methoxy groups -OCH3 is 2. The number of aryl methyl sites for hydroxylation is 1. The largest absolute Gasteiger partial charge is 0.496 e. The normalized spacial score (nSPS) is 22.8. The highest BCUT2D eigenvalue weighted by Crippen LogP contribution is 2.28. The zero-order valence-electron chi connectivity index (χ0n) is 12.7. The third kappa shape index (κ3) is 3.12. The van der Waals surface area contributed by atoms with Crippen molar-refractivity contribution in [2.75, 3.05) is 27.3 Å². The summed E-state index contributed by atoms with van der Waals surface area (Å²) < 4.78 is 10.3. The Kier molecular flexibility index (Phi) is 4.65. The summed E-state index contributed by atoms with van der Waals surface area (Å²) in [6.45, 7) is 6.66. The molecule has 1 saturated heterocycles. The maximum atomic E-state index is 11.7. The van der Waals surface area contributed by atoms with E-state index in [9.17, 15) is 4.79 Å². The summed E-state index contributed by atoms with van der Waals surface area (Å²) in [6, 6.07) is 6.20. The molecule has 0 radical (unpaired) electrons. The number of likely N-dealkylation sites (tertiary alicyclic amines) is 1. The van der Waals surface area contributed by atoms with Gasteiger partial charge in [-0.15, -0.1) is 0 Å². The van der Waals surface area contributed by atoms with E-state index in [-0.39, 0.29) is 11.9 Å². The van der Waals surface area contributed by atoms with Gasteiger partial charge in [-0.05, 0) is 18.9 Å². The summed E-state index contributed by atoms with van der Waals surface area (Å²) in [5, 5.41) is 0. The lowest BCUT2D eigenvalue weighted by molar-refractivity contribution is -0.146. The van der Waals surface area contributed by atoms with Crippen molar-refractivity contribution in [3.8, 4) is 5.75 Å². The predicted molar refractivity (Wildman–Crippen MR) is 77.7 cm³/mol. The lowest BCUT2D eigenvalue weighted by Gasteiger charge is -2.18. The van der Waals surface area contributed by atoms with Crippen molar-refractivity contribution in [2.45, 2.75) is 20.4 Å². The van der Waals surface area contributed by atoms with Gasteiger partial charge in [-0.1, -0.05) is 24.6 Å².